The number of anilines is 1. The Morgan fingerprint density at radius 2 is 2.19 bits per heavy atom. The standard InChI is InChI=1S/C11H11ClN2S.ClH/c1-7-4-9(12)3-2-8(7)5-10-6-14-11(13)15-10;/h2-4,6H,5H2,1H3,(H2,13,14);1H. The summed E-state index contributed by atoms with van der Waals surface area (Å²) >= 11 is 7.42. The molecule has 2 rings (SSSR count). The van der Waals surface area contributed by atoms with Gasteiger partial charge in [-0.3, -0.25) is 0 Å². The monoisotopic (exact) mass is 274 g/mol. The lowest BCUT2D eigenvalue weighted by Crippen LogP contribution is -1.88. The highest BCUT2D eigenvalue weighted by molar-refractivity contribution is 7.15. The molecule has 0 unspecified atom stereocenters. The van der Waals surface area contributed by atoms with Gasteiger partial charge < -0.3 is 5.73 Å². The van der Waals surface area contributed by atoms with Crippen LogP contribution in [0.4, 0.5) is 5.13 Å². The van der Waals surface area contributed by atoms with E-state index in [4.69, 9.17) is 17.3 Å². The van der Waals surface area contributed by atoms with Crippen molar-refractivity contribution in [2.24, 2.45) is 0 Å². The zero-order valence-electron chi connectivity index (χ0n) is 8.74. The van der Waals surface area contributed by atoms with Gasteiger partial charge in [-0.25, -0.2) is 4.98 Å². The first-order valence-corrected chi connectivity index (χ1v) is 5.80. The van der Waals surface area contributed by atoms with Crippen LogP contribution >= 0.6 is 35.3 Å². The molecule has 16 heavy (non-hydrogen) atoms. The normalized spacial score (nSPS) is 9.88. The molecular formula is C11H12Cl2N2S. The highest BCUT2D eigenvalue weighted by atomic mass is 35.5. The van der Waals surface area contributed by atoms with E-state index in [9.17, 15) is 0 Å². The van der Waals surface area contributed by atoms with Crippen molar-refractivity contribution in [1.82, 2.24) is 4.98 Å². The summed E-state index contributed by atoms with van der Waals surface area (Å²) in [4.78, 5) is 5.21. The molecule has 1 heterocycles. The number of aryl methyl sites for hydroxylation is 1. The smallest absolute Gasteiger partial charge is 0.180 e. The van der Waals surface area contributed by atoms with Crippen LogP contribution in [0, 0.1) is 6.92 Å². The maximum Gasteiger partial charge on any atom is 0.180 e. The van der Waals surface area contributed by atoms with E-state index in [1.165, 1.54) is 27.3 Å². The van der Waals surface area contributed by atoms with E-state index in [0.717, 1.165) is 11.4 Å². The lowest BCUT2D eigenvalue weighted by atomic mass is 10.1. The number of benzene rings is 1. The van der Waals surface area contributed by atoms with Crippen molar-refractivity contribution in [3.63, 3.8) is 0 Å². The quantitative estimate of drug-likeness (QED) is 0.907. The van der Waals surface area contributed by atoms with Gasteiger partial charge in [0.25, 0.3) is 0 Å². The molecule has 2 N–H and O–H groups in total. The van der Waals surface area contributed by atoms with Crippen molar-refractivity contribution in [2.75, 3.05) is 5.73 Å². The van der Waals surface area contributed by atoms with E-state index >= 15 is 0 Å². The summed E-state index contributed by atoms with van der Waals surface area (Å²) in [6.45, 7) is 2.06. The van der Waals surface area contributed by atoms with Gasteiger partial charge in [-0.05, 0) is 30.2 Å². The summed E-state index contributed by atoms with van der Waals surface area (Å²) in [5.41, 5.74) is 8.05. The fourth-order valence-corrected chi connectivity index (χ4v) is 2.38. The van der Waals surface area contributed by atoms with Crippen molar-refractivity contribution in [2.45, 2.75) is 13.3 Å². The van der Waals surface area contributed by atoms with E-state index in [2.05, 4.69) is 11.9 Å². The number of nitrogens with two attached hydrogens (primary N) is 1. The maximum atomic E-state index is 5.89. The molecule has 0 radical (unpaired) electrons. The van der Waals surface area contributed by atoms with Crippen LogP contribution in [0.15, 0.2) is 24.4 Å². The maximum absolute atomic E-state index is 5.89. The minimum Gasteiger partial charge on any atom is -0.375 e. The number of hydrogen-bond donors (Lipinski definition) is 1. The molecule has 0 aliphatic rings. The third-order valence-corrected chi connectivity index (χ3v) is 3.30. The Hall–Kier alpha value is -0.770. The van der Waals surface area contributed by atoms with E-state index in [1.54, 1.807) is 0 Å². The van der Waals surface area contributed by atoms with Crippen molar-refractivity contribution < 1.29 is 0 Å². The average Bonchev–Trinajstić information content (AvgIpc) is 2.56. The molecule has 0 aliphatic heterocycles. The number of aromatic nitrogens is 1. The van der Waals surface area contributed by atoms with Crippen LogP contribution in [0.2, 0.25) is 5.02 Å². The first-order valence-electron chi connectivity index (χ1n) is 4.60. The van der Waals surface area contributed by atoms with Gasteiger partial charge in [-0.2, -0.15) is 0 Å². The Kier molecular flexibility index (Phi) is 4.59. The molecule has 1 aromatic carbocycles. The summed E-state index contributed by atoms with van der Waals surface area (Å²) in [5, 5.41) is 1.40. The van der Waals surface area contributed by atoms with Gasteiger partial charge in [0.2, 0.25) is 0 Å². The molecule has 2 aromatic rings. The number of nitrogens with zero attached hydrogens (tertiary/aromatic N) is 1. The molecule has 0 bridgehead atoms. The van der Waals surface area contributed by atoms with E-state index in [-0.39, 0.29) is 12.4 Å². The number of thiazole rings is 1. The van der Waals surface area contributed by atoms with Gasteiger partial charge in [0.05, 0.1) is 0 Å². The van der Waals surface area contributed by atoms with Crippen LogP contribution in [0.25, 0.3) is 0 Å². The Balaban J connectivity index is 0.00000128. The number of nitrogen functional groups attached to an aromatic ring is 1. The molecule has 0 aliphatic carbocycles. The van der Waals surface area contributed by atoms with Gasteiger partial charge in [0, 0.05) is 22.5 Å². The fraction of sp³-hybridized carbons (Fsp3) is 0.182. The molecule has 0 saturated heterocycles. The summed E-state index contributed by atoms with van der Waals surface area (Å²) in [6.07, 6.45) is 2.70. The minimum atomic E-state index is 0. The van der Waals surface area contributed by atoms with Crippen LogP contribution in [0.1, 0.15) is 16.0 Å². The third-order valence-electron chi connectivity index (χ3n) is 2.24. The Morgan fingerprint density at radius 1 is 1.44 bits per heavy atom. The van der Waals surface area contributed by atoms with E-state index in [0.29, 0.717) is 5.13 Å². The predicted octanol–water partition coefficient (Wildman–Crippen LogP) is 3.70. The Labute approximate surface area is 110 Å². The number of rotatable bonds is 2. The second-order valence-electron chi connectivity index (χ2n) is 3.41. The molecular weight excluding hydrogens is 263 g/mol. The summed E-state index contributed by atoms with van der Waals surface area (Å²) in [7, 11) is 0. The highest BCUT2D eigenvalue weighted by Gasteiger charge is 2.03. The summed E-state index contributed by atoms with van der Waals surface area (Å²) in [5.74, 6) is 0. The molecule has 1 aromatic heterocycles. The van der Waals surface area contributed by atoms with Gasteiger partial charge in [-0.15, -0.1) is 23.7 Å². The van der Waals surface area contributed by atoms with Crippen molar-refractivity contribution in [3.8, 4) is 0 Å². The average molecular weight is 275 g/mol. The SMILES string of the molecule is Cc1cc(Cl)ccc1Cc1cnc(N)s1.Cl. The highest BCUT2D eigenvalue weighted by Crippen LogP contribution is 2.22. The lowest BCUT2D eigenvalue weighted by molar-refractivity contribution is 1.18. The van der Waals surface area contributed by atoms with Crippen LogP contribution in [-0.4, -0.2) is 4.98 Å². The minimum absolute atomic E-state index is 0. The van der Waals surface area contributed by atoms with Gasteiger partial charge in [0.1, 0.15) is 0 Å². The molecule has 0 fully saturated rings. The van der Waals surface area contributed by atoms with Gasteiger partial charge in [0.15, 0.2) is 5.13 Å². The van der Waals surface area contributed by atoms with Crippen molar-refractivity contribution in [1.29, 1.82) is 0 Å². The van der Waals surface area contributed by atoms with Crippen molar-refractivity contribution in [3.05, 3.63) is 45.4 Å². The van der Waals surface area contributed by atoms with Crippen LogP contribution in [0.3, 0.4) is 0 Å². The second kappa shape index (κ2) is 5.53. The van der Waals surface area contributed by atoms with Gasteiger partial charge >= 0.3 is 0 Å². The lowest BCUT2D eigenvalue weighted by Gasteiger charge is -2.03. The van der Waals surface area contributed by atoms with Crippen LogP contribution < -0.4 is 5.73 Å². The first kappa shape index (κ1) is 13.3. The van der Waals surface area contributed by atoms with Gasteiger partial charge in [-0.1, -0.05) is 17.7 Å². The molecule has 5 heteroatoms. The largest absolute Gasteiger partial charge is 0.375 e. The van der Waals surface area contributed by atoms with Crippen LogP contribution in [0.5, 0.6) is 0 Å². The fourth-order valence-electron chi connectivity index (χ4n) is 1.45. The van der Waals surface area contributed by atoms with E-state index in [1.807, 2.05) is 24.4 Å². The molecule has 0 atom stereocenters. The van der Waals surface area contributed by atoms with Crippen molar-refractivity contribution >= 4 is 40.5 Å². The molecule has 2 nitrogen and oxygen atoms in total. The predicted molar refractivity (Wildman–Crippen MR) is 72.8 cm³/mol. The summed E-state index contributed by atoms with van der Waals surface area (Å²) in [6, 6.07) is 5.93. The van der Waals surface area contributed by atoms with Crippen LogP contribution in [-0.2, 0) is 6.42 Å². The zero-order valence-corrected chi connectivity index (χ0v) is 11.1. The Bertz CT molecular complexity index is 483. The Morgan fingerprint density at radius 3 is 2.75 bits per heavy atom. The third kappa shape index (κ3) is 3.11. The first-order chi connectivity index (χ1) is 7.15. The van der Waals surface area contributed by atoms with E-state index < -0.39 is 0 Å². The second-order valence-corrected chi connectivity index (χ2v) is 5.00. The molecule has 0 saturated carbocycles. The number of hydrogen-bond acceptors (Lipinski definition) is 3. The number of halogens is 2. The molecule has 0 amide bonds. The summed E-state index contributed by atoms with van der Waals surface area (Å²) < 4.78 is 0. The molecule has 0 spiro atoms. The zero-order chi connectivity index (χ0) is 10.8. The molecule has 86 valence electrons. The topological polar surface area (TPSA) is 38.9 Å².